The van der Waals surface area contributed by atoms with Crippen molar-refractivity contribution in [3.8, 4) is 0 Å². The van der Waals surface area contributed by atoms with Crippen LogP contribution in [0.15, 0.2) is 23.2 Å². The van der Waals surface area contributed by atoms with Crippen molar-refractivity contribution in [2.75, 3.05) is 6.61 Å². The Labute approximate surface area is 179 Å². The van der Waals surface area contributed by atoms with Gasteiger partial charge in [-0.3, -0.25) is 9.59 Å². The molecule has 0 aromatic rings. The number of alkyl halides is 1. The van der Waals surface area contributed by atoms with Gasteiger partial charge in [-0.25, -0.2) is 4.39 Å². The molecule has 0 spiro atoms. The van der Waals surface area contributed by atoms with Gasteiger partial charge in [0.25, 0.3) is 0 Å². The smallest absolute Gasteiger partial charge is 0.190 e. The summed E-state index contributed by atoms with van der Waals surface area (Å²) in [6.45, 7) is 2.75. The molecule has 0 saturated heterocycles. The number of aliphatic hydroxyl groups excluding tert-OH is 2. The van der Waals surface area contributed by atoms with Crippen LogP contribution in [0.1, 0.15) is 39.5 Å². The summed E-state index contributed by atoms with van der Waals surface area (Å²) in [7, 11) is 5.75. The first-order valence-electron chi connectivity index (χ1n) is 10.9. The van der Waals surface area contributed by atoms with Crippen molar-refractivity contribution in [1.29, 1.82) is 0 Å². The van der Waals surface area contributed by atoms with Crippen LogP contribution in [0.25, 0.3) is 0 Å². The lowest BCUT2D eigenvalue weighted by Gasteiger charge is -2.66. The second-order valence-electron chi connectivity index (χ2n) is 11.1. The molecule has 0 unspecified atom stereocenters. The average molecular weight is 414 g/mol. The lowest BCUT2D eigenvalue weighted by Crippen LogP contribution is -2.70. The second-order valence-corrected chi connectivity index (χ2v) is 11.1. The molecule has 0 radical (unpaired) electrons. The topological polar surface area (TPSA) is 94.8 Å². The highest BCUT2D eigenvalue weighted by Crippen LogP contribution is 2.73. The largest absolute Gasteiger partial charge is 0.390 e. The summed E-state index contributed by atoms with van der Waals surface area (Å²) in [4.78, 5) is 24.9. The molecule has 4 rings (SSSR count). The van der Waals surface area contributed by atoms with Gasteiger partial charge in [-0.15, -0.1) is 0 Å². The maximum absolute atomic E-state index is 17.3. The minimum Gasteiger partial charge on any atom is -0.390 e. The monoisotopic (exact) mass is 414 g/mol. The van der Waals surface area contributed by atoms with E-state index in [0.29, 0.717) is 18.3 Å². The highest BCUT2D eigenvalue weighted by atomic mass is 19.1. The van der Waals surface area contributed by atoms with Crippen LogP contribution in [0.4, 0.5) is 4.39 Å². The quantitative estimate of drug-likeness (QED) is 0.484. The van der Waals surface area contributed by atoms with Crippen LogP contribution in [-0.2, 0) is 9.59 Å². The van der Waals surface area contributed by atoms with E-state index in [1.54, 1.807) is 27.8 Å². The fraction of sp³-hybridized carbons (Fsp3) is 0.714. The number of ketones is 2. The number of hydrogen-bond acceptors (Lipinski definition) is 5. The normalized spacial score (nSPS) is 49.4. The molecule has 0 bridgehead atoms. The van der Waals surface area contributed by atoms with E-state index in [2.05, 4.69) is 0 Å². The van der Waals surface area contributed by atoms with Crippen molar-refractivity contribution in [1.82, 2.24) is 0 Å². The average Bonchev–Trinajstić information content (AvgIpc) is 2.92. The van der Waals surface area contributed by atoms with Gasteiger partial charge in [-0.1, -0.05) is 30.2 Å². The van der Waals surface area contributed by atoms with Crippen LogP contribution in [0, 0.1) is 22.7 Å². The summed E-state index contributed by atoms with van der Waals surface area (Å²) in [6, 6.07) is 0. The molecule has 5 nitrogen and oxygen atoms in total. The van der Waals surface area contributed by atoms with Crippen LogP contribution < -0.4 is 0 Å². The summed E-state index contributed by atoms with van der Waals surface area (Å²) >= 11 is 0. The van der Waals surface area contributed by atoms with Gasteiger partial charge in [0.15, 0.2) is 17.2 Å². The van der Waals surface area contributed by atoms with Crippen molar-refractivity contribution < 1.29 is 29.3 Å². The van der Waals surface area contributed by atoms with Crippen molar-refractivity contribution in [2.45, 2.75) is 62.1 Å². The van der Waals surface area contributed by atoms with Gasteiger partial charge in [0.05, 0.1) is 6.10 Å². The van der Waals surface area contributed by atoms with Gasteiger partial charge in [0, 0.05) is 10.8 Å². The number of hydrogen-bond donors (Lipinski definition) is 3. The standard InChI is InChI=1S/C21H30B3FO5/c1-17-5-4-12(27)15(22)16(17)20(23,24)7-11-10-3-6-19(30,14(29)9-26)18(10,2)8-13(28)21(11,17)25/h4-5,10-11,13,26,28,30H,3,6-9,22-24H2,1-2H3/t10-,11-,13-,17-,18-,19-,21-/m0/s1. The number of carbonyl (C=O) groups is 2. The number of Topliss-reactive ketones (excluding diaryl/α,β-unsaturated/α-hetero) is 1. The Bertz CT molecular complexity index is 903. The number of allylic oxidation sites excluding steroid dienone is 4. The minimum atomic E-state index is -2.02. The second kappa shape index (κ2) is 6.20. The lowest BCUT2D eigenvalue weighted by atomic mass is 9.32. The highest BCUT2D eigenvalue weighted by molar-refractivity contribution is 6.46. The van der Waals surface area contributed by atoms with Crippen LogP contribution in [0.2, 0.25) is 5.21 Å². The van der Waals surface area contributed by atoms with Crippen LogP contribution in [-0.4, -0.2) is 74.4 Å². The van der Waals surface area contributed by atoms with E-state index in [9.17, 15) is 24.9 Å². The van der Waals surface area contributed by atoms with Gasteiger partial charge < -0.3 is 15.3 Å². The molecule has 4 aliphatic carbocycles. The maximum atomic E-state index is 17.3. The van der Waals surface area contributed by atoms with Gasteiger partial charge in [-0.05, 0) is 49.6 Å². The van der Waals surface area contributed by atoms with Crippen molar-refractivity contribution in [2.24, 2.45) is 22.7 Å². The Morgan fingerprint density at radius 1 is 1.27 bits per heavy atom. The molecule has 160 valence electrons. The van der Waals surface area contributed by atoms with Gasteiger partial charge in [-0.2, -0.15) is 0 Å². The first kappa shape index (κ1) is 22.0. The molecule has 0 aromatic carbocycles. The van der Waals surface area contributed by atoms with Gasteiger partial charge in [0.2, 0.25) is 0 Å². The third kappa shape index (κ3) is 2.27. The van der Waals surface area contributed by atoms with Crippen LogP contribution >= 0.6 is 0 Å². The Balaban J connectivity index is 1.91. The third-order valence-electron chi connectivity index (χ3n) is 9.35. The number of carbonyl (C=O) groups excluding carboxylic acids is 2. The Kier molecular flexibility index (Phi) is 4.55. The molecule has 3 N–H and O–H groups in total. The molecule has 4 aliphatic rings. The fourth-order valence-electron chi connectivity index (χ4n) is 8.09. The molecule has 3 saturated carbocycles. The zero-order chi connectivity index (χ0) is 22.5. The van der Waals surface area contributed by atoms with E-state index in [1.807, 2.05) is 15.7 Å². The zero-order valence-corrected chi connectivity index (χ0v) is 18.5. The molecule has 9 heteroatoms. The fourth-order valence-corrected chi connectivity index (χ4v) is 8.09. The Morgan fingerprint density at radius 2 is 1.90 bits per heavy atom. The SMILES string of the molecule is BC1=C2C(B)(B)C[C@H]3[C@@H]4CC[C@](O)(C(=O)CO)[C@@]4(C)C[C@H](O)[C@]3(F)[C@@]2(C)C=CC1=O. The molecule has 0 aliphatic heterocycles. The minimum absolute atomic E-state index is 0.0724. The van der Waals surface area contributed by atoms with Crippen LogP contribution in [0.5, 0.6) is 0 Å². The number of aliphatic hydroxyl groups is 3. The summed E-state index contributed by atoms with van der Waals surface area (Å²) in [5.41, 5.74) is -4.69. The van der Waals surface area contributed by atoms with Gasteiger partial charge in [0.1, 0.15) is 35.7 Å². The van der Waals surface area contributed by atoms with Crippen molar-refractivity contribution >= 4 is 35.1 Å². The first-order chi connectivity index (χ1) is 13.7. The summed E-state index contributed by atoms with van der Waals surface area (Å²) < 4.78 is 17.3. The van der Waals surface area contributed by atoms with E-state index < -0.39 is 51.7 Å². The van der Waals surface area contributed by atoms with Gasteiger partial charge >= 0.3 is 0 Å². The highest BCUT2D eigenvalue weighted by Gasteiger charge is 2.75. The number of fused-ring (bicyclic) bond motifs is 5. The maximum Gasteiger partial charge on any atom is 0.190 e. The van der Waals surface area contributed by atoms with E-state index in [4.69, 9.17) is 0 Å². The molecule has 30 heavy (non-hydrogen) atoms. The Hall–Kier alpha value is -1.18. The molecule has 7 atom stereocenters. The predicted molar refractivity (Wildman–Crippen MR) is 118 cm³/mol. The molecule has 0 aromatic heterocycles. The molecular weight excluding hydrogens is 384 g/mol. The van der Waals surface area contributed by atoms with E-state index in [0.717, 1.165) is 5.57 Å². The van der Waals surface area contributed by atoms with Crippen molar-refractivity contribution in [3.63, 3.8) is 0 Å². The number of halogens is 1. The number of rotatable bonds is 2. The first-order valence-corrected chi connectivity index (χ1v) is 10.9. The summed E-state index contributed by atoms with van der Waals surface area (Å²) in [6.07, 6.45) is 2.57. The molecule has 0 heterocycles. The summed E-state index contributed by atoms with van der Waals surface area (Å²) in [5.74, 6) is -1.71. The third-order valence-corrected chi connectivity index (χ3v) is 9.35. The lowest BCUT2D eigenvalue weighted by molar-refractivity contribution is -0.218. The summed E-state index contributed by atoms with van der Waals surface area (Å²) in [5, 5.41) is 31.6. The van der Waals surface area contributed by atoms with Crippen molar-refractivity contribution in [3.05, 3.63) is 23.2 Å². The van der Waals surface area contributed by atoms with E-state index in [1.165, 1.54) is 6.08 Å². The molecular formula is C21H30B3FO5. The predicted octanol–water partition coefficient (Wildman–Crippen LogP) is -1.40. The molecule has 0 amide bonds. The Morgan fingerprint density at radius 3 is 2.50 bits per heavy atom. The zero-order valence-electron chi connectivity index (χ0n) is 18.5. The van der Waals surface area contributed by atoms with E-state index >= 15 is 4.39 Å². The van der Waals surface area contributed by atoms with E-state index in [-0.39, 0.29) is 24.5 Å². The van der Waals surface area contributed by atoms with Crippen LogP contribution in [0.3, 0.4) is 0 Å². The molecule has 3 fully saturated rings.